The lowest BCUT2D eigenvalue weighted by atomic mass is 10.1. The minimum absolute atomic E-state index is 0.298. The van der Waals surface area contributed by atoms with Gasteiger partial charge < -0.3 is 4.74 Å². The number of aromatic nitrogens is 1. The molecule has 24 heavy (non-hydrogen) atoms. The summed E-state index contributed by atoms with van der Waals surface area (Å²) in [5.41, 5.74) is 3.16. The molecular formula is C20H15FN2O. The van der Waals surface area contributed by atoms with Gasteiger partial charge in [0.15, 0.2) is 0 Å². The molecule has 0 unspecified atom stereocenters. The molecule has 0 aliphatic carbocycles. The van der Waals surface area contributed by atoms with Crippen molar-refractivity contribution in [2.75, 3.05) is 0 Å². The number of halogens is 1. The zero-order valence-electron chi connectivity index (χ0n) is 13.2. The standard InChI is InChI=1S/C20H15FN2O/c1-2-14-11-17(13-22)23-20(12-14)15-3-7-18(8-4-15)24-19-9-5-16(21)6-10-19/h3-12H,2H2,1H3. The minimum Gasteiger partial charge on any atom is -0.457 e. The molecule has 2 aromatic carbocycles. The SMILES string of the molecule is CCc1cc(C#N)nc(-c2ccc(Oc3ccc(F)cc3)cc2)c1. The normalized spacial score (nSPS) is 10.2. The maximum atomic E-state index is 12.9. The third-order valence-electron chi connectivity index (χ3n) is 3.61. The summed E-state index contributed by atoms with van der Waals surface area (Å²) in [4.78, 5) is 4.35. The maximum absolute atomic E-state index is 12.9. The average Bonchev–Trinajstić information content (AvgIpc) is 2.63. The summed E-state index contributed by atoms with van der Waals surface area (Å²) in [5.74, 6) is 0.924. The van der Waals surface area contributed by atoms with E-state index >= 15 is 0 Å². The van der Waals surface area contributed by atoms with Crippen molar-refractivity contribution in [1.82, 2.24) is 4.98 Å². The summed E-state index contributed by atoms with van der Waals surface area (Å²) in [6, 6.07) is 19.2. The van der Waals surface area contributed by atoms with E-state index in [2.05, 4.69) is 11.1 Å². The molecule has 0 radical (unpaired) electrons. The van der Waals surface area contributed by atoms with E-state index < -0.39 is 0 Å². The summed E-state index contributed by atoms with van der Waals surface area (Å²) >= 11 is 0. The van der Waals surface area contributed by atoms with E-state index in [1.807, 2.05) is 37.3 Å². The fraction of sp³-hybridized carbons (Fsp3) is 0.100. The van der Waals surface area contributed by atoms with E-state index in [1.165, 1.54) is 12.1 Å². The number of ether oxygens (including phenoxy) is 1. The number of benzene rings is 2. The highest BCUT2D eigenvalue weighted by Gasteiger charge is 2.05. The predicted molar refractivity (Wildman–Crippen MR) is 90.2 cm³/mol. The van der Waals surface area contributed by atoms with E-state index in [4.69, 9.17) is 10.00 Å². The second kappa shape index (κ2) is 6.93. The first-order valence-electron chi connectivity index (χ1n) is 7.63. The Balaban J connectivity index is 1.84. The fourth-order valence-corrected chi connectivity index (χ4v) is 2.33. The highest BCUT2D eigenvalue weighted by molar-refractivity contribution is 5.62. The Bertz CT molecular complexity index is 881. The Morgan fingerprint density at radius 1 is 1.00 bits per heavy atom. The van der Waals surface area contributed by atoms with Crippen LogP contribution in [-0.4, -0.2) is 4.98 Å². The highest BCUT2D eigenvalue weighted by Crippen LogP contribution is 2.26. The summed E-state index contributed by atoms with van der Waals surface area (Å²) in [5, 5.41) is 9.10. The van der Waals surface area contributed by atoms with Gasteiger partial charge >= 0.3 is 0 Å². The first kappa shape index (κ1) is 15.7. The summed E-state index contributed by atoms with van der Waals surface area (Å²) in [6.45, 7) is 2.04. The van der Waals surface area contributed by atoms with E-state index in [-0.39, 0.29) is 5.82 Å². The fourth-order valence-electron chi connectivity index (χ4n) is 2.33. The summed E-state index contributed by atoms with van der Waals surface area (Å²) in [7, 11) is 0. The Kier molecular flexibility index (Phi) is 4.53. The third-order valence-corrected chi connectivity index (χ3v) is 3.61. The molecule has 0 saturated carbocycles. The Morgan fingerprint density at radius 3 is 2.21 bits per heavy atom. The van der Waals surface area contributed by atoms with Gasteiger partial charge in [-0.15, -0.1) is 0 Å². The predicted octanol–water partition coefficient (Wildman–Crippen LogP) is 5.11. The zero-order valence-corrected chi connectivity index (χ0v) is 13.2. The molecule has 118 valence electrons. The van der Waals surface area contributed by atoms with Crippen molar-refractivity contribution in [2.24, 2.45) is 0 Å². The number of nitrogens with zero attached hydrogens (tertiary/aromatic N) is 2. The van der Waals surface area contributed by atoms with Crippen LogP contribution in [0.25, 0.3) is 11.3 Å². The van der Waals surface area contributed by atoms with Gasteiger partial charge in [-0.25, -0.2) is 9.37 Å². The van der Waals surface area contributed by atoms with Crippen molar-refractivity contribution >= 4 is 0 Å². The molecule has 3 nitrogen and oxygen atoms in total. The van der Waals surface area contributed by atoms with Crippen molar-refractivity contribution in [1.29, 1.82) is 5.26 Å². The molecule has 0 fully saturated rings. The molecule has 3 aromatic rings. The summed E-state index contributed by atoms with van der Waals surface area (Å²) in [6.07, 6.45) is 0.843. The molecule has 0 bridgehead atoms. The van der Waals surface area contributed by atoms with E-state index in [1.54, 1.807) is 18.2 Å². The lowest BCUT2D eigenvalue weighted by Crippen LogP contribution is -1.92. The van der Waals surface area contributed by atoms with Gasteiger partial charge in [-0.05, 0) is 72.6 Å². The molecule has 0 spiro atoms. The number of aryl methyl sites for hydroxylation is 1. The van der Waals surface area contributed by atoms with Gasteiger partial charge in [-0.3, -0.25) is 0 Å². The second-order valence-electron chi connectivity index (χ2n) is 5.29. The molecule has 1 aromatic heterocycles. The molecule has 0 aliphatic rings. The van der Waals surface area contributed by atoms with Crippen LogP contribution >= 0.6 is 0 Å². The number of rotatable bonds is 4. The van der Waals surface area contributed by atoms with Crippen LogP contribution in [0.1, 0.15) is 18.2 Å². The van der Waals surface area contributed by atoms with Crippen LogP contribution in [0.15, 0.2) is 60.7 Å². The molecule has 0 N–H and O–H groups in total. The lowest BCUT2D eigenvalue weighted by molar-refractivity contribution is 0.480. The molecule has 0 atom stereocenters. The number of hydrogen-bond acceptors (Lipinski definition) is 3. The van der Waals surface area contributed by atoms with Crippen LogP contribution in [0.5, 0.6) is 11.5 Å². The van der Waals surface area contributed by atoms with Gasteiger partial charge in [0.2, 0.25) is 0 Å². The average molecular weight is 318 g/mol. The Morgan fingerprint density at radius 2 is 1.62 bits per heavy atom. The van der Waals surface area contributed by atoms with E-state index in [0.717, 1.165) is 23.2 Å². The number of nitriles is 1. The second-order valence-corrected chi connectivity index (χ2v) is 5.29. The molecule has 0 aliphatic heterocycles. The van der Waals surface area contributed by atoms with Crippen molar-refractivity contribution in [2.45, 2.75) is 13.3 Å². The molecular weight excluding hydrogens is 303 g/mol. The highest BCUT2D eigenvalue weighted by atomic mass is 19.1. The smallest absolute Gasteiger partial charge is 0.141 e. The van der Waals surface area contributed by atoms with Crippen LogP contribution < -0.4 is 4.74 Å². The maximum Gasteiger partial charge on any atom is 0.141 e. The summed E-state index contributed by atoms with van der Waals surface area (Å²) < 4.78 is 18.6. The van der Waals surface area contributed by atoms with Gasteiger partial charge in [-0.1, -0.05) is 6.92 Å². The molecule has 0 amide bonds. The minimum atomic E-state index is -0.298. The largest absolute Gasteiger partial charge is 0.457 e. The Hall–Kier alpha value is -3.19. The molecule has 4 heteroatoms. The topological polar surface area (TPSA) is 45.9 Å². The monoisotopic (exact) mass is 318 g/mol. The first-order valence-corrected chi connectivity index (χ1v) is 7.63. The van der Waals surface area contributed by atoms with Gasteiger partial charge in [0.25, 0.3) is 0 Å². The third kappa shape index (κ3) is 3.58. The number of hydrogen-bond donors (Lipinski definition) is 0. The van der Waals surface area contributed by atoms with Crippen molar-refractivity contribution in [3.63, 3.8) is 0 Å². The zero-order chi connectivity index (χ0) is 16.9. The number of pyridine rings is 1. The van der Waals surface area contributed by atoms with E-state index in [0.29, 0.717) is 17.2 Å². The molecule has 3 rings (SSSR count). The molecule has 0 saturated heterocycles. The quantitative estimate of drug-likeness (QED) is 0.671. The van der Waals surface area contributed by atoms with E-state index in [9.17, 15) is 4.39 Å². The van der Waals surface area contributed by atoms with Crippen LogP contribution in [0.3, 0.4) is 0 Å². The van der Waals surface area contributed by atoms with Crippen LogP contribution in [0.4, 0.5) is 4.39 Å². The Labute approximate surface area is 140 Å². The van der Waals surface area contributed by atoms with Gasteiger partial charge in [0.05, 0.1) is 5.69 Å². The first-order chi connectivity index (χ1) is 11.7. The van der Waals surface area contributed by atoms with Gasteiger partial charge in [0.1, 0.15) is 29.1 Å². The van der Waals surface area contributed by atoms with Crippen LogP contribution in [-0.2, 0) is 6.42 Å². The van der Waals surface area contributed by atoms with Crippen molar-refractivity contribution < 1.29 is 9.13 Å². The lowest BCUT2D eigenvalue weighted by Gasteiger charge is -2.08. The van der Waals surface area contributed by atoms with Gasteiger partial charge in [0, 0.05) is 5.56 Å². The van der Waals surface area contributed by atoms with Crippen LogP contribution in [0.2, 0.25) is 0 Å². The van der Waals surface area contributed by atoms with Crippen LogP contribution in [0, 0.1) is 17.1 Å². The van der Waals surface area contributed by atoms with Crippen molar-refractivity contribution in [3.05, 3.63) is 77.7 Å². The molecule has 1 heterocycles. The van der Waals surface area contributed by atoms with Crippen molar-refractivity contribution in [3.8, 4) is 28.8 Å². The van der Waals surface area contributed by atoms with Gasteiger partial charge in [-0.2, -0.15) is 5.26 Å².